The van der Waals surface area contributed by atoms with Crippen LogP contribution in [0.2, 0.25) is 0 Å². The number of anilines is 1. The van der Waals surface area contributed by atoms with E-state index in [1.165, 1.54) is 6.07 Å². The van der Waals surface area contributed by atoms with Crippen LogP contribution in [0, 0.1) is 41.7 Å². The van der Waals surface area contributed by atoms with Crippen LogP contribution in [0.1, 0.15) is 57.8 Å². The number of carbonyl (C=O) groups excluding carboxylic acids is 3. The lowest BCUT2D eigenvalue weighted by atomic mass is 9.76. The van der Waals surface area contributed by atoms with Crippen LogP contribution in [0.25, 0.3) is 0 Å². The van der Waals surface area contributed by atoms with Crippen LogP contribution in [-0.2, 0) is 17.8 Å². The number of carbonyl (C=O) groups is 3. The predicted molar refractivity (Wildman–Crippen MR) is 113 cm³/mol. The number of fused-ring (bicyclic) bond motifs is 2. The summed E-state index contributed by atoms with van der Waals surface area (Å²) in [7, 11) is 0. The molecule has 1 aromatic carbocycles. The SMILES string of the molecule is Cc1c(C(=O)C(=O)NC23CC(C#N)C(C2)C3)c2n(c1C(=O)Nc1ccc(F)c(F)c1)CCC2. The molecule has 2 heterocycles. The van der Waals surface area contributed by atoms with Gasteiger partial charge in [-0.2, -0.15) is 5.26 Å². The van der Waals surface area contributed by atoms with E-state index in [9.17, 15) is 28.4 Å². The molecule has 9 heteroatoms. The molecule has 2 amide bonds. The number of Topliss-reactive ketones (excluding diaryl/α,β-unsaturated/α-hetero) is 1. The Labute approximate surface area is 188 Å². The molecule has 2 aromatic rings. The number of aromatic nitrogens is 1. The van der Waals surface area contributed by atoms with E-state index >= 15 is 0 Å². The molecule has 2 N–H and O–H groups in total. The summed E-state index contributed by atoms with van der Waals surface area (Å²) in [6, 6.07) is 5.33. The average molecular weight is 452 g/mol. The van der Waals surface area contributed by atoms with Crippen molar-refractivity contribution in [2.45, 2.75) is 51.1 Å². The molecule has 2 bridgehead atoms. The Morgan fingerprint density at radius 1 is 1.18 bits per heavy atom. The summed E-state index contributed by atoms with van der Waals surface area (Å²) < 4.78 is 28.5. The fourth-order valence-corrected chi connectivity index (χ4v) is 5.78. The van der Waals surface area contributed by atoms with Crippen molar-refractivity contribution < 1.29 is 23.2 Å². The van der Waals surface area contributed by atoms with Gasteiger partial charge in [0.2, 0.25) is 0 Å². The Balaban J connectivity index is 1.40. The third-order valence-corrected chi connectivity index (χ3v) is 7.27. The van der Waals surface area contributed by atoms with E-state index in [2.05, 4.69) is 16.7 Å². The highest BCUT2D eigenvalue weighted by atomic mass is 19.2. The van der Waals surface area contributed by atoms with Crippen molar-refractivity contribution in [3.05, 3.63) is 52.3 Å². The molecule has 170 valence electrons. The van der Waals surface area contributed by atoms with E-state index in [1.807, 2.05) is 0 Å². The highest BCUT2D eigenvalue weighted by Crippen LogP contribution is 2.55. The van der Waals surface area contributed by atoms with Crippen LogP contribution in [0.3, 0.4) is 0 Å². The molecule has 1 atom stereocenters. The Bertz CT molecular complexity index is 1250. The maximum Gasteiger partial charge on any atom is 0.292 e. The maximum absolute atomic E-state index is 13.5. The number of nitriles is 1. The van der Waals surface area contributed by atoms with Crippen molar-refractivity contribution in [3.8, 4) is 6.07 Å². The molecule has 3 fully saturated rings. The third kappa shape index (κ3) is 3.32. The smallest absolute Gasteiger partial charge is 0.292 e. The standard InChI is InChI=1S/C24H22F2N4O3/c1-12-19(21(31)23(33)29-24-8-13(9-24)14(10-24)11-27)18-3-2-6-30(18)20(12)22(32)28-15-4-5-16(25)17(26)7-15/h4-5,7,13-14H,2-3,6,8-10H2,1H3,(H,28,32)(H,29,33). The van der Waals surface area contributed by atoms with E-state index < -0.39 is 34.8 Å². The van der Waals surface area contributed by atoms with Crippen LogP contribution in [0.5, 0.6) is 0 Å². The molecule has 33 heavy (non-hydrogen) atoms. The summed E-state index contributed by atoms with van der Waals surface area (Å²) in [5, 5.41) is 14.6. The first kappa shape index (κ1) is 21.3. The summed E-state index contributed by atoms with van der Waals surface area (Å²) in [5.74, 6) is -3.89. The molecule has 1 aliphatic heterocycles. The number of rotatable bonds is 5. The highest BCUT2D eigenvalue weighted by molar-refractivity contribution is 6.44. The van der Waals surface area contributed by atoms with Gasteiger partial charge in [-0.15, -0.1) is 0 Å². The van der Waals surface area contributed by atoms with Gasteiger partial charge in [0.1, 0.15) is 5.69 Å². The summed E-state index contributed by atoms with van der Waals surface area (Å²) >= 11 is 0. The Kier molecular flexibility index (Phi) is 4.85. The first-order valence-corrected chi connectivity index (χ1v) is 11.0. The molecule has 4 aliphatic rings. The molecule has 3 saturated carbocycles. The fourth-order valence-electron chi connectivity index (χ4n) is 5.78. The molecule has 1 unspecified atom stereocenters. The van der Waals surface area contributed by atoms with Gasteiger partial charge in [0.25, 0.3) is 17.6 Å². The number of benzene rings is 1. The minimum Gasteiger partial charge on any atom is -0.344 e. The first-order valence-electron chi connectivity index (χ1n) is 11.0. The van der Waals surface area contributed by atoms with E-state index in [0.29, 0.717) is 43.5 Å². The maximum atomic E-state index is 13.5. The van der Waals surface area contributed by atoms with Gasteiger partial charge in [-0.25, -0.2) is 8.78 Å². The van der Waals surface area contributed by atoms with Crippen LogP contribution < -0.4 is 10.6 Å². The van der Waals surface area contributed by atoms with Gasteiger partial charge in [0.15, 0.2) is 11.6 Å². The molecule has 0 radical (unpaired) electrons. The van der Waals surface area contributed by atoms with Gasteiger partial charge in [-0.1, -0.05) is 0 Å². The minimum absolute atomic E-state index is 0.0874. The summed E-state index contributed by atoms with van der Waals surface area (Å²) in [6.07, 6.45) is 3.25. The largest absolute Gasteiger partial charge is 0.344 e. The van der Waals surface area contributed by atoms with Crippen molar-refractivity contribution >= 4 is 23.3 Å². The van der Waals surface area contributed by atoms with Crippen LogP contribution in [-0.4, -0.2) is 27.7 Å². The molecule has 3 aliphatic carbocycles. The zero-order valence-corrected chi connectivity index (χ0v) is 18.0. The van der Waals surface area contributed by atoms with E-state index in [-0.39, 0.29) is 28.8 Å². The molecular formula is C24H22F2N4O3. The number of ketones is 1. The second-order valence-electron chi connectivity index (χ2n) is 9.31. The van der Waals surface area contributed by atoms with Crippen molar-refractivity contribution in [2.75, 3.05) is 5.32 Å². The second-order valence-corrected chi connectivity index (χ2v) is 9.31. The quantitative estimate of drug-likeness (QED) is 0.537. The second kappa shape index (κ2) is 7.51. The van der Waals surface area contributed by atoms with E-state index in [1.54, 1.807) is 11.5 Å². The lowest BCUT2D eigenvalue weighted by Crippen LogP contribution is -2.53. The fraction of sp³-hybridized carbons (Fsp3) is 0.417. The Hall–Kier alpha value is -3.54. The van der Waals surface area contributed by atoms with Gasteiger partial charge in [0, 0.05) is 29.5 Å². The van der Waals surface area contributed by atoms with E-state index in [0.717, 1.165) is 18.6 Å². The van der Waals surface area contributed by atoms with Crippen molar-refractivity contribution in [2.24, 2.45) is 11.8 Å². The zero-order chi connectivity index (χ0) is 23.5. The van der Waals surface area contributed by atoms with Crippen LogP contribution in [0.15, 0.2) is 18.2 Å². The van der Waals surface area contributed by atoms with Crippen LogP contribution in [0.4, 0.5) is 14.5 Å². The number of hydrogen-bond acceptors (Lipinski definition) is 4. The highest BCUT2D eigenvalue weighted by Gasteiger charge is 2.57. The normalized spacial score (nSPS) is 24.5. The monoisotopic (exact) mass is 452 g/mol. The number of nitrogens with one attached hydrogen (secondary N) is 2. The topological polar surface area (TPSA) is 104 Å². The zero-order valence-electron chi connectivity index (χ0n) is 18.0. The number of nitrogens with zero attached hydrogens (tertiary/aromatic N) is 2. The van der Waals surface area contributed by atoms with E-state index in [4.69, 9.17) is 0 Å². The molecule has 1 aromatic heterocycles. The summed E-state index contributed by atoms with van der Waals surface area (Å²) in [6.45, 7) is 2.13. The minimum atomic E-state index is -1.08. The van der Waals surface area contributed by atoms with Crippen molar-refractivity contribution in [3.63, 3.8) is 0 Å². The lowest BCUT2D eigenvalue weighted by Gasteiger charge is -2.38. The Morgan fingerprint density at radius 2 is 1.94 bits per heavy atom. The predicted octanol–water partition coefficient (Wildman–Crippen LogP) is 3.26. The van der Waals surface area contributed by atoms with Gasteiger partial charge >= 0.3 is 0 Å². The number of halogens is 2. The molecule has 0 saturated heterocycles. The van der Waals surface area contributed by atoms with Gasteiger partial charge in [-0.05, 0) is 62.6 Å². The Morgan fingerprint density at radius 3 is 2.61 bits per heavy atom. The lowest BCUT2D eigenvalue weighted by molar-refractivity contribution is -0.119. The molecule has 0 spiro atoms. The van der Waals surface area contributed by atoms with Gasteiger partial charge in [-0.3, -0.25) is 14.4 Å². The van der Waals surface area contributed by atoms with Crippen molar-refractivity contribution in [1.82, 2.24) is 9.88 Å². The van der Waals surface area contributed by atoms with Gasteiger partial charge < -0.3 is 15.2 Å². The van der Waals surface area contributed by atoms with Crippen LogP contribution >= 0.6 is 0 Å². The first-order chi connectivity index (χ1) is 15.7. The average Bonchev–Trinajstić information content (AvgIpc) is 3.48. The molecule has 6 rings (SSSR count). The molecular weight excluding hydrogens is 430 g/mol. The number of hydrogen-bond donors (Lipinski definition) is 2. The third-order valence-electron chi connectivity index (χ3n) is 7.27. The van der Waals surface area contributed by atoms with Gasteiger partial charge in [0.05, 0.1) is 17.6 Å². The van der Waals surface area contributed by atoms with Crippen molar-refractivity contribution in [1.29, 1.82) is 5.26 Å². The summed E-state index contributed by atoms with van der Waals surface area (Å²) in [5.41, 5.74) is 1.08. The number of amides is 2. The molecule has 7 nitrogen and oxygen atoms in total. The summed E-state index contributed by atoms with van der Waals surface area (Å²) in [4.78, 5) is 39.1.